The van der Waals surface area contributed by atoms with Gasteiger partial charge in [-0.1, -0.05) is 33.1 Å². The monoisotopic (exact) mass is 277 g/mol. The van der Waals surface area contributed by atoms with Gasteiger partial charge in [-0.05, 0) is 24.8 Å². The Kier molecular flexibility index (Phi) is 5.35. The quantitative estimate of drug-likeness (QED) is 0.868. The van der Waals surface area contributed by atoms with Crippen molar-refractivity contribution in [3.05, 3.63) is 18.1 Å². The van der Waals surface area contributed by atoms with Crippen LogP contribution in [0.15, 0.2) is 12.4 Å². The van der Waals surface area contributed by atoms with Crippen LogP contribution in [-0.4, -0.2) is 29.7 Å². The first-order chi connectivity index (χ1) is 9.68. The molecule has 2 rings (SSSR count). The predicted molar refractivity (Wildman–Crippen MR) is 80.9 cm³/mol. The van der Waals surface area contributed by atoms with Crippen molar-refractivity contribution in [3.63, 3.8) is 0 Å². The molecule has 1 unspecified atom stereocenters. The molecule has 1 fully saturated rings. The van der Waals surface area contributed by atoms with Gasteiger partial charge in [0.1, 0.15) is 6.33 Å². The molecular weight excluding hydrogens is 250 g/mol. The number of methoxy groups -OCH3 is 1. The third-order valence-corrected chi connectivity index (χ3v) is 4.61. The standard InChI is InChI=1S/C16H27N3O/c1-4-17-14(16(2)8-6-5-7-9-16)10-13-11-15(20-3)19-12-18-13/h11-12,14,17H,4-10H2,1-3H3. The summed E-state index contributed by atoms with van der Waals surface area (Å²) < 4.78 is 5.20. The highest BCUT2D eigenvalue weighted by atomic mass is 16.5. The largest absolute Gasteiger partial charge is 0.481 e. The molecule has 0 radical (unpaired) electrons. The van der Waals surface area contributed by atoms with Crippen LogP contribution in [0.25, 0.3) is 0 Å². The van der Waals surface area contributed by atoms with E-state index in [1.807, 2.05) is 6.07 Å². The smallest absolute Gasteiger partial charge is 0.216 e. The summed E-state index contributed by atoms with van der Waals surface area (Å²) in [6.07, 6.45) is 9.26. The average molecular weight is 277 g/mol. The number of hydrogen-bond acceptors (Lipinski definition) is 4. The normalized spacial score (nSPS) is 19.6. The van der Waals surface area contributed by atoms with Crippen LogP contribution in [0, 0.1) is 5.41 Å². The van der Waals surface area contributed by atoms with Crippen molar-refractivity contribution in [1.82, 2.24) is 15.3 Å². The Morgan fingerprint density at radius 1 is 1.30 bits per heavy atom. The number of ether oxygens (including phenoxy) is 1. The molecule has 4 nitrogen and oxygen atoms in total. The van der Waals surface area contributed by atoms with E-state index in [1.165, 1.54) is 32.1 Å². The molecule has 1 atom stereocenters. The van der Waals surface area contributed by atoms with Crippen LogP contribution in [0.2, 0.25) is 0 Å². The minimum absolute atomic E-state index is 0.381. The lowest BCUT2D eigenvalue weighted by Gasteiger charge is -2.41. The summed E-state index contributed by atoms with van der Waals surface area (Å²) in [6, 6.07) is 2.43. The van der Waals surface area contributed by atoms with E-state index in [9.17, 15) is 0 Å². The van der Waals surface area contributed by atoms with Crippen LogP contribution in [0.3, 0.4) is 0 Å². The minimum Gasteiger partial charge on any atom is -0.481 e. The van der Waals surface area contributed by atoms with E-state index in [0.717, 1.165) is 18.7 Å². The van der Waals surface area contributed by atoms with Crippen molar-refractivity contribution in [2.24, 2.45) is 5.41 Å². The molecule has 0 bridgehead atoms. The van der Waals surface area contributed by atoms with Gasteiger partial charge in [-0.3, -0.25) is 0 Å². The molecule has 1 aliphatic rings. The second-order valence-corrected chi connectivity index (χ2v) is 6.08. The Morgan fingerprint density at radius 2 is 2.05 bits per heavy atom. The maximum Gasteiger partial charge on any atom is 0.216 e. The lowest BCUT2D eigenvalue weighted by Crippen LogP contribution is -2.46. The van der Waals surface area contributed by atoms with Gasteiger partial charge in [-0.15, -0.1) is 0 Å². The first-order valence-corrected chi connectivity index (χ1v) is 7.76. The zero-order valence-electron chi connectivity index (χ0n) is 13.0. The maximum atomic E-state index is 5.20. The van der Waals surface area contributed by atoms with Crippen molar-refractivity contribution in [1.29, 1.82) is 0 Å². The minimum atomic E-state index is 0.381. The summed E-state index contributed by atoms with van der Waals surface area (Å²) in [7, 11) is 1.65. The molecule has 0 aromatic carbocycles. The molecule has 20 heavy (non-hydrogen) atoms. The van der Waals surface area contributed by atoms with E-state index in [4.69, 9.17) is 4.74 Å². The third-order valence-electron chi connectivity index (χ3n) is 4.61. The Bertz CT molecular complexity index is 416. The molecule has 1 N–H and O–H groups in total. The molecule has 112 valence electrons. The highest BCUT2D eigenvalue weighted by Gasteiger charge is 2.35. The molecule has 1 heterocycles. The van der Waals surface area contributed by atoms with Gasteiger partial charge in [0, 0.05) is 24.2 Å². The van der Waals surface area contributed by atoms with Crippen LogP contribution >= 0.6 is 0 Å². The van der Waals surface area contributed by atoms with E-state index in [-0.39, 0.29) is 0 Å². The number of aromatic nitrogens is 2. The molecule has 1 aliphatic carbocycles. The van der Waals surface area contributed by atoms with Gasteiger partial charge in [0.25, 0.3) is 0 Å². The van der Waals surface area contributed by atoms with Gasteiger partial charge >= 0.3 is 0 Å². The van der Waals surface area contributed by atoms with E-state index >= 15 is 0 Å². The summed E-state index contributed by atoms with van der Waals surface area (Å²) in [5.74, 6) is 0.652. The fourth-order valence-corrected chi connectivity index (χ4v) is 3.33. The van der Waals surface area contributed by atoms with E-state index in [2.05, 4.69) is 29.1 Å². The maximum absolute atomic E-state index is 5.20. The first-order valence-electron chi connectivity index (χ1n) is 7.76. The molecule has 0 aliphatic heterocycles. The molecule has 0 amide bonds. The number of rotatable bonds is 6. The second-order valence-electron chi connectivity index (χ2n) is 6.08. The second kappa shape index (κ2) is 7.02. The Morgan fingerprint density at radius 3 is 2.70 bits per heavy atom. The summed E-state index contributed by atoms with van der Waals surface area (Å²) in [5.41, 5.74) is 1.45. The summed E-state index contributed by atoms with van der Waals surface area (Å²) in [4.78, 5) is 8.49. The van der Waals surface area contributed by atoms with Crippen LogP contribution in [0.1, 0.15) is 51.6 Å². The van der Waals surface area contributed by atoms with Crippen molar-refractivity contribution in [2.45, 2.75) is 58.4 Å². The van der Waals surface area contributed by atoms with Crippen LogP contribution in [0.4, 0.5) is 0 Å². The van der Waals surface area contributed by atoms with Crippen LogP contribution in [0.5, 0.6) is 5.88 Å². The summed E-state index contributed by atoms with van der Waals surface area (Å²) in [6.45, 7) is 5.61. The predicted octanol–water partition coefficient (Wildman–Crippen LogP) is 2.98. The fraction of sp³-hybridized carbons (Fsp3) is 0.750. The lowest BCUT2D eigenvalue weighted by molar-refractivity contribution is 0.144. The Balaban J connectivity index is 2.11. The van der Waals surface area contributed by atoms with Gasteiger partial charge in [0.05, 0.1) is 7.11 Å². The molecule has 1 aromatic rings. The number of likely N-dealkylation sites (N-methyl/N-ethyl adjacent to an activating group) is 1. The van der Waals surface area contributed by atoms with Gasteiger partial charge < -0.3 is 10.1 Å². The topological polar surface area (TPSA) is 47.0 Å². The van der Waals surface area contributed by atoms with Crippen molar-refractivity contribution >= 4 is 0 Å². The van der Waals surface area contributed by atoms with Gasteiger partial charge in [-0.25, -0.2) is 9.97 Å². The lowest BCUT2D eigenvalue weighted by atomic mass is 9.69. The first kappa shape index (κ1) is 15.2. The highest BCUT2D eigenvalue weighted by molar-refractivity contribution is 5.15. The molecule has 0 spiro atoms. The third kappa shape index (κ3) is 3.69. The molecule has 4 heteroatoms. The van der Waals surface area contributed by atoms with E-state index in [1.54, 1.807) is 13.4 Å². The van der Waals surface area contributed by atoms with Crippen LogP contribution in [-0.2, 0) is 6.42 Å². The van der Waals surface area contributed by atoms with E-state index < -0.39 is 0 Å². The zero-order chi connectivity index (χ0) is 14.4. The number of hydrogen-bond donors (Lipinski definition) is 1. The molecule has 1 saturated carbocycles. The fourth-order valence-electron chi connectivity index (χ4n) is 3.33. The summed E-state index contributed by atoms with van der Waals surface area (Å²) >= 11 is 0. The molecule has 0 saturated heterocycles. The Labute approximate surface area is 122 Å². The Hall–Kier alpha value is -1.16. The average Bonchev–Trinajstić information content (AvgIpc) is 2.48. The van der Waals surface area contributed by atoms with Crippen LogP contribution < -0.4 is 10.1 Å². The number of nitrogens with zero attached hydrogens (tertiary/aromatic N) is 2. The summed E-state index contributed by atoms with van der Waals surface area (Å²) in [5, 5.41) is 3.68. The van der Waals surface area contributed by atoms with Gasteiger partial charge in [0.2, 0.25) is 5.88 Å². The van der Waals surface area contributed by atoms with Crippen molar-refractivity contribution in [2.75, 3.05) is 13.7 Å². The zero-order valence-corrected chi connectivity index (χ0v) is 13.0. The molecule has 1 aromatic heterocycles. The van der Waals surface area contributed by atoms with Crippen molar-refractivity contribution < 1.29 is 4.74 Å². The highest BCUT2D eigenvalue weighted by Crippen LogP contribution is 2.39. The molecular formula is C16H27N3O. The van der Waals surface area contributed by atoms with Crippen molar-refractivity contribution in [3.8, 4) is 5.88 Å². The van der Waals surface area contributed by atoms with Gasteiger partial charge in [0.15, 0.2) is 0 Å². The SMILES string of the molecule is CCNC(Cc1cc(OC)ncn1)C1(C)CCCCC1. The number of nitrogens with one attached hydrogen (secondary N) is 1. The van der Waals surface area contributed by atoms with Gasteiger partial charge in [-0.2, -0.15) is 0 Å². The van der Waals surface area contributed by atoms with E-state index in [0.29, 0.717) is 17.3 Å².